The van der Waals surface area contributed by atoms with E-state index in [9.17, 15) is 0 Å². The van der Waals surface area contributed by atoms with E-state index in [1.807, 2.05) is 12.1 Å². The van der Waals surface area contributed by atoms with Crippen molar-refractivity contribution >= 4 is 71.7 Å². The summed E-state index contributed by atoms with van der Waals surface area (Å²) in [5.74, 6) is 0. The van der Waals surface area contributed by atoms with Crippen molar-refractivity contribution in [2.75, 3.05) is 4.90 Å². The smallest absolute Gasteiger partial charge is 0.147 e. The molecule has 3 heteroatoms. The van der Waals surface area contributed by atoms with E-state index in [1.54, 1.807) is 0 Å². The van der Waals surface area contributed by atoms with Gasteiger partial charge in [0.15, 0.2) is 0 Å². The molecule has 10 aromatic rings. The minimum absolute atomic E-state index is 0.127. The van der Waals surface area contributed by atoms with Gasteiger partial charge in [0.1, 0.15) is 22.3 Å². The normalized spacial score (nSPS) is 14.8. The average Bonchev–Trinajstić information content (AvgIpc) is 3.91. The van der Waals surface area contributed by atoms with Crippen LogP contribution in [0, 0.1) is 0 Å². The largest absolute Gasteiger partial charge is 0.455 e. The van der Waals surface area contributed by atoms with Crippen LogP contribution >= 0.6 is 0 Å². The van der Waals surface area contributed by atoms with Gasteiger partial charge in [-0.15, -0.1) is 0 Å². The Labute approximate surface area is 319 Å². The Hall–Kier alpha value is -6.58. The maximum absolute atomic E-state index is 7.01. The fraction of sp³-hybridized carbons (Fsp3) is 0.115. The molecule has 2 aliphatic carbocycles. The second-order valence-electron chi connectivity index (χ2n) is 16.5. The van der Waals surface area contributed by atoms with Gasteiger partial charge < -0.3 is 13.7 Å². The maximum atomic E-state index is 7.01. The van der Waals surface area contributed by atoms with Crippen molar-refractivity contribution in [3.63, 3.8) is 0 Å². The van der Waals surface area contributed by atoms with Crippen LogP contribution in [0.4, 0.5) is 17.1 Å². The molecule has 2 aromatic heterocycles. The van der Waals surface area contributed by atoms with Crippen LogP contribution in [0.1, 0.15) is 49.9 Å². The van der Waals surface area contributed by atoms with Gasteiger partial charge in [-0.05, 0) is 92.4 Å². The van der Waals surface area contributed by atoms with Crippen LogP contribution in [0.25, 0.3) is 76.9 Å². The van der Waals surface area contributed by atoms with Gasteiger partial charge in [0, 0.05) is 55.5 Å². The van der Waals surface area contributed by atoms with Gasteiger partial charge in [-0.3, -0.25) is 0 Å². The summed E-state index contributed by atoms with van der Waals surface area (Å²) in [6.45, 7) is 9.41. The van der Waals surface area contributed by atoms with Crippen LogP contribution in [-0.2, 0) is 10.8 Å². The molecule has 0 saturated carbocycles. The van der Waals surface area contributed by atoms with E-state index in [-0.39, 0.29) is 10.8 Å². The number of para-hydroxylation sites is 1. The monoisotopic (exact) mass is 707 g/mol. The lowest BCUT2D eigenvalue weighted by Gasteiger charge is -2.29. The number of hydrogen-bond acceptors (Lipinski definition) is 3. The average molecular weight is 708 g/mol. The molecule has 3 nitrogen and oxygen atoms in total. The number of fused-ring (bicyclic) bond motifs is 16. The standard InChI is InChI=1S/C52H37NO2/c1-51(2)41-18-10-7-13-33(41)35-24-21-30(27-43(35)51)53(31-22-25-36-34-14-8-11-19-42(34)52(3,4)44(36)28-31)32-23-26-40-46(29-32)55-50-47(40)37-15-5-6-16-38(37)49-48(50)39-17-9-12-20-45(39)54-49/h5-29H,1-4H3. The van der Waals surface area contributed by atoms with E-state index in [0.29, 0.717) is 0 Å². The molecule has 0 unspecified atom stereocenters. The van der Waals surface area contributed by atoms with Gasteiger partial charge in [0.25, 0.3) is 0 Å². The Morgan fingerprint density at radius 3 is 1.49 bits per heavy atom. The third-order valence-electron chi connectivity index (χ3n) is 12.8. The van der Waals surface area contributed by atoms with Gasteiger partial charge in [-0.25, -0.2) is 0 Å². The molecule has 0 N–H and O–H groups in total. The molecule has 0 bridgehead atoms. The quantitative estimate of drug-likeness (QED) is 0.183. The predicted molar refractivity (Wildman–Crippen MR) is 228 cm³/mol. The number of benzene rings is 8. The highest BCUT2D eigenvalue weighted by Crippen LogP contribution is 2.54. The predicted octanol–water partition coefficient (Wildman–Crippen LogP) is 14.7. The summed E-state index contributed by atoms with van der Waals surface area (Å²) >= 11 is 0. The third-order valence-corrected chi connectivity index (χ3v) is 12.8. The molecule has 2 aliphatic rings. The first-order chi connectivity index (χ1) is 26.8. The van der Waals surface area contributed by atoms with Crippen LogP contribution < -0.4 is 4.90 Å². The SMILES string of the molecule is CC1(C)c2ccccc2-c2ccc(N(c3ccc4c(c3)C(C)(C)c3ccccc3-4)c3ccc4c(c3)oc3c4c4ccccc4c4oc5ccccc5c43)cc21. The summed E-state index contributed by atoms with van der Waals surface area (Å²) in [7, 11) is 0. The van der Waals surface area contributed by atoms with E-state index in [4.69, 9.17) is 8.83 Å². The van der Waals surface area contributed by atoms with Crippen molar-refractivity contribution < 1.29 is 8.83 Å². The molecule has 0 fully saturated rings. The number of nitrogens with zero attached hydrogens (tertiary/aromatic N) is 1. The zero-order valence-corrected chi connectivity index (χ0v) is 31.2. The molecule has 0 atom stereocenters. The van der Waals surface area contributed by atoms with Gasteiger partial charge in [-0.1, -0.05) is 131 Å². The summed E-state index contributed by atoms with van der Waals surface area (Å²) in [5, 5.41) is 6.54. The molecule has 55 heavy (non-hydrogen) atoms. The Morgan fingerprint density at radius 2 is 0.836 bits per heavy atom. The first-order valence-corrected chi connectivity index (χ1v) is 19.3. The summed E-state index contributed by atoms with van der Waals surface area (Å²) in [5.41, 5.74) is 17.2. The van der Waals surface area contributed by atoms with Crippen molar-refractivity contribution in [3.05, 3.63) is 174 Å². The Kier molecular flexibility index (Phi) is 5.91. The van der Waals surface area contributed by atoms with Crippen LogP contribution in [-0.4, -0.2) is 0 Å². The fourth-order valence-corrected chi connectivity index (χ4v) is 10.1. The van der Waals surface area contributed by atoms with Gasteiger partial charge in [0.2, 0.25) is 0 Å². The van der Waals surface area contributed by atoms with E-state index in [1.165, 1.54) is 44.5 Å². The molecule has 0 spiro atoms. The highest BCUT2D eigenvalue weighted by atomic mass is 16.3. The van der Waals surface area contributed by atoms with E-state index in [2.05, 4.69) is 172 Å². The molecular formula is C52H37NO2. The van der Waals surface area contributed by atoms with E-state index < -0.39 is 0 Å². The van der Waals surface area contributed by atoms with E-state index >= 15 is 0 Å². The Balaban J connectivity index is 1.11. The van der Waals surface area contributed by atoms with Crippen LogP contribution in [0.5, 0.6) is 0 Å². The zero-order valence-electron chi connectivity index (χ0n) is 31.2. The number of anilines is 3. The molecular weight excluding hydrogens is 671 g/mol. The zero-order chi connectivity index (χ0) is 36.8. The topological polar surface area (TPSA) is 29.5 Å². The summed E-state index contributed by atoms with van der Waals surface area (Å²) < 4.78 is 13.5. The molecule has 8 aromatic carbocycles. The van der Waals surface area contributed by atoms with Crippen LogP contribution in [0.2, 0.25) is 0 Å². The molecule has 0 amide bonds. The van der Waals surface area contributed by atoms with Gasteiger partial charge >= 0.3 is 0 Å². The minimum Gasteiger partial charge on any atom is -0.455 e. The molecule has 0 aliphatic heterocycles. The second kappa shape index (κ2) is 10.5. The molecule has 262 valence electrons. The van der Waals surface area contributed by atoms with Crippen molar-refractivity contribution in [2.24, 2.45) is 0 Å². The minimum atomic E-state index is -0.127. The van der Waals surface area contributed by atoms with Crippen molar-refractivity contribution in [1.82, 2.24) is 0 Å². The molecule has 0 radical (unpaired) electrons. The molecule has 2 heterocycles. The van der Waals surface area contributed by atoms with Crippen molar-refractivity contribution in [1.29, 1.82) is 0 Å². The second-order valence-corrected chi connectivity index (χ2v) is 16.5. The molecule has 12 rings (SSSR count). The summed E-state index contributed by atoms with van der Waals surface area (Å²) in [6, 6.07) is 55.4. The van der Waals surface area contributed by atoms with Crippen LogP contribution in [0.3, 0.4) is 0 Å². The number of rotatable bonds is 3. The number of furan rings is 2. The lowest BCUT2D eigenvalue weighted by Crippen LogP contribution is -2.18. The van der Waals surface area contributed by atoms with E-state index in [0.717, 1.165) is 71.7 Å². The summed E-state index contributed by atoms with van der Waals surface area (Å²) in [6.07, 6.45) is 0. The number of hydrogen-bond donors (Lipinski definition) is 0. The highest BCUT2D eigenvalue weighted by Gasteiger charge is 2.38. The van der Waals surface area contributed by atoms with Crippen molar-refractivity contribution in [3.8, 4) is 22.3 Å². The molecule has 0 saturated heterocycles. The third kappa shape index (κ3) is 4.00. The first kappa shape index (κ1) is 30.8. The Bertz CT molecular complexity index is 3170. The lowest BCUT2D eigenvalue weighted by atomic mass is 9.82. The lowest BCUT2D eigenvalue weighted by molar-refractivity contribution is 0.660. The van der Waals surface area contributed by atoms with Crippen molar-refractivity contribution in [2.45, 2.75) is 38.5 Å². The first-order valence-electron chi connectivity index (χ1n) is 19.3. The van der Waals surface area contributed by atoms with Crippen LogP contribution in [0.15, 0.2) is 160 Å². The fourth-order valence-electron chi connectivity index (χ4n) is 10.1. The highest BCUT2D eigenvalue weighted by molar-refractivity contribution is 6.33. The Morgan fingerprint density at radius 1 is 0.364 bits per heavy atom. The summed E-state index contributed by atoms with van der Waals surface area (Å²) in [4.78, 5) is 2.42. The van der Waals surface area contributed by atoms with Gasteiger partial charge in [-0.2, -0.15) is 0 Å². The maximum Gasteiger partial charge on any atom is 0.147 e. The van der Waals surface area contributed by atoms with Gasteiger partial charge in [0.05, 0.1) is 5.39 Å².